The van der Waals surface area contributed by atoms with E-state index in [0.717, 1.165) is 25.1 Å². The maximum Gasteiger partial charge on any atom is 0.356 e. The SMILES string of the molecule is Nc1n(CCCCCCCCCCCCNC2CCCCC2)c2ccccc2[n+]1Cc1ccccc1. The minimum atomic E-state index is 0.817. The van der Waals surface area contributed by atoms with Gasteiger partial charge in [0.15, 0.2) is 0 Å². The van der Waals surface area contributed by atoms with Crippen molar-refractivity contribution in [2.45, 2.75) is 115 Å². The first kappa shape index (κ1) is 26.7. The highest BCUT2D eigenvalue weighted by atomic mass is 15.2. The molecule has 0 saturated heterocycles. The number of para-hydroxylation sites is 2. The summed E-state index contributed by atoms with van der Waals surface area (Å²) >= 11 is 0. The maximum absolute atomic E-state index is 6.66. The summed E-state index contributed by atoms with van der Waals surface area (Å²) in [4.78, 5) is 0. The first-order valence-corrected chi connectivity index (χ1v) is 14.9. The Labute approximate surface area is 219 Å². The maximum atomic E-state index is 6.66. The number of imidazole rings is 1. The van der Waals surface area contributed by atoms with Crippen LogP contribution in [-0.2, 0) is 13.1 Å². The standard InChI is InChI=1S/C32H48N4/c33-32-35(30-23-15-16-24-31(30)36(32)27-28-19-11-9-12-20-28)26-18-8-6-4-2-1-3-5-7-17-25-34-29-21-13-10-14-22-29/h9,11-12,15-16,19-20,23-24,29,33-34H,1-8,10,13-14,17-18,21-22,25-27H2/p+1. The molecule has 2 aromatic carbocycles. The summed E-state index contributed by atoms with van der Waals surface area (Å²) in [6.45, 7) is 3.05. The molecule has 1 saturated carbocycles. The third-order valence-corrected chi connectivity index (χ3v) is 8.05. The van der Waals surface area contributed by atoms with Crippen LogP contribution in [0.2, 0.25) is 0 Å². The number of fused-ring (bicyclic) bond motifs is 1. The summed E-state index contributed by atoms with van der Waals surface area (Å²) in [6.07, 6.45) is 20.7. The second-order valence-electron chi connectivity index (χ2n) is 10.9. The minimum Gasteiger partial charge on any atom is -0.314 e. The Hall–Kier alpha value is -2.33. The Bertz CT molecular complexity index is 1000. The van der Waals surface area contributed by atoms with Gasteiger partial charge in [0, 0.05) is 6.04 Å². The lowest BCUT2D eigenvalue weighted by Gasteiger charge is -2.22. The molecule has 0 aliphatic heterocycles. The first-order chi connectivity index (χ1) is 17.8. The fourth-order valence-electron chi connectivity index (χ4n) is 5.90. The number of aryl methyl sites for hydroxylation is 1. The predicted octanol–water partition coefficient (Wildman–Crippen LogP) is 7.38. The van der Waals surface area contributed by atoms with Gasteiger partial charge in [-0.15, -0.1) is 0 Å². The van der Waals surface area contributed by atoms with E-state index in [1.807, 2.05) is 0 Å². The first-order valence-electron chi connectivity index (χ1n) is 14.9. The van der Waals surface area contributed by atoms with Crippen molar-refractivity contribution < 1.29 is 4.57 Å². The smallest absolute Gasteiger partial charge is 0.314 e. The Kier molecular flexibility index (Phi) is 11.2. The molecule has 0 spiro atoms. The normalized spacial score (nSPS) is 14.6. The number of nitrogen functional groups attached to an aromatic ring is 1. The number of hydrogen-bond donors (Lipinski definition) is 2. The molecule has 3 N–H and O–H groups in total. The van der Waals surface area contributed by atoms with Crippen molar-refractivity contribution in [3.05, 3.63) is 60.2 Å². The van der Waals surface area contributed by atoms with E-state index in [1.165, 1.54) is 119 Å². The van der Waals surface area contributed by atoms with Crippen molar-refractivity contribution in [3.8, 4) is 0 Å². The van der Waals surface area contributed by atoms with Crippen LogP contribution in [0.25, 0.3) is 11.0 Å². The van der Waals surface area contributed by atoms with Crippen molar-refractivity contribution in [2.24, 2.45) is 0 Å². The van der Waals surface area contributed by atoms with Gasteiger partial charge in [-0.2, -0.15) is 0 Å². The molecule has 196 valence electrons. The highest BCUT2D eigenvalue weighted by Gasteiger charge is 2.20. The van der Waals surface area contributed by atoms with Gasteiger partial charge in [0.05, 0.1) is 13.1 Å². The monoisotopic (exact) mass is 489 g/mol. The third kappa shape index (κ3) is 8.09. The van der Waals surface area contributed by atoms with Gasteiger partial charge in [-0.05, 0) is 49.9 Å². The number of nitrogens with one attached hydrogen (secondary N) is 1. The summed E-state index contributed by atoms with van der Waals surface area (Å²) in [5.74, 6) is 0.869. The van der Waals surface area contributed by atoms with Gasteiger partial charge >= 0.3 is 5.95 Å². The van der Waals surface area contributed by atoms with Crippen molar-refractivity contribution in [3.63, 3.8) is 0 Å². The number of benzene rings is 2. The number of hydrogen-bond acceptors (Lipinski definition) is 2. The van der Waals surface area contributed by atoms with Crippen LogP contribution in [0.4, 0.5) is 5.95 Å². The van der Waals surface area contributed by atoms with Crippen LogP contribution in [0, 0.1) is 0 Å². The summed E-state index contributed by atoms with van der Waals surface area (Å²) in [5.41, 5.74) is 10.4. The molecule has 1 fully saturated rings. The molecule has 4 heteroatoms. The Morgan fingerprint density at radius 1 is 0.722 bits per heavy atom. The third-order valence-electron chi connectivity index (χ3n) is 8.05. The molecule has 0 amide bonds. The molecule has 1 aliphatic carbocycles. The molecular formula is C32H49N4+. The van der Waals surface area contributed by atoms with Gasteiger partial charge in [-0.3, -0.25) is 5.73 Å². The molecule has 0 unspecified atom stereocenters. The van der Waals surface area contributed by atoms with Gasteiger partial charge < -0.3 is 5.32 Å². The summed E-state index contributed by atoms with van der Waals surface area (Å²) in [5, 5.41) is 3.78. The fourth-order valence-corrected chi connectivity index (χ4v) is 5.90. The fraction of sp³-hybridized carbons (Fsp3) is 0.594. The van der Waals surface area contributed by atoms with Crippen molar-refractivity contribution >= 4 is 17.0 Å². The molecule has 3 aromatic rings. The molecule has 0 bridgehead atoms. The summed E-state index contributed by atoms with van der Waals surface area (Å²) < 4.78 is 4.58. The van der Waals surface area contributed by atoms with Crippen molar-refractivity contribution in [2.75, 3.05) is 12.3 Å². The van der Waals surface area contributed by atoms with E-state index in [9.17, 15) is 0 Å². The molecule has 1 heterocycles. The molecule has 0 atom stereocenters. The van der Waals surface area contributed by atoms with Gasteiger partial charge in [0.1, 0.15) is 11.0 Å². The number of unbranched alkanes of at least 4 members (excludes halogenated alkanes) is 9. The van der Waals surface area contributed by atoms with Crippen LogP contribution in [-0.4, -0.2) is 17.2 Å². The van der Waals surface area contributed by atoms with E-state index in [-0.39, 0.29) is 0 Å². The molecule has 4 rings (SSSR count). The van der Waals surface area contributed by atoms with Crippen molar-refractivity contribution in [1.29, 1.82) is 0 Å². The molecule has 4 nitrogen and oxygen atoms in total. The number of nitrogens with two attached hydrogens (primary N) is 1. The highest BCUT2D eigenvalue weighted by Crippen LogP contribution is 2.19. The second-order valence-corrected chi connectivity index (χ2v) is 10.9. The zero-order chi connectivity index (χ0) is 24.8. The largest absolute Gasteiger partial charge is 0.356 e. The van der Waals surface area contributed by atoms with Gasteiger partial charge in [-0.25, -0.2) is 9.13 Å². The van der Waals surface area contributed by atoms with E-state index < -0.39 is 0 Å². The lowest BCUT2D eigenvalue weighted by molar-refractivity contribution is -0.648. The number of rotatable bonds is 16. The molecular weight excluding hydrogens is 440 g/mol. The topological polar surface area (TPSA) is 46.9 Å². The lowest BCUT2D eigenvalue weighted by atomic mass is 9.95. The second kappa shape index (κ2) is 15.0. The average molecular weight is 490 g/mol. The van der Waals surface area contributed by atoms with Gasteiger partial charge in [-0.1, -0.05) is 113 Å². The van der Waals surface area contributed by atoms with Crippen LogP contribution in [0.5, 0.6) is 0 Å². The molecule has 0 radical (unpaired) electrons. The van der Waals surface area contributed by atoms with E-state index >= 15 is 0 Å². The highest BCUT2D eigenvalue weighted by molar-refractivity contribution is 5.73. The van der Waals surface area contributed by atoms with E-state index in [0.29, 0.717) is 0 Å². The quantitative estimate of drug-likeness (QED) is 0.163. The lowest BCUT2D eigenvalue weighted by Crippen LogP contribution is -2.37. The van der Waals surface area contributed by atoms with E-state index in [2.05, 4.69) is 69.0 Å². The van der Waals surface area contributed by atoms with Crippen LogP contribution in [0.3, 0.4) is 0 Å². The molecule has 36 heavy (non-hydrogen) atoms. The Morgan fingerprint density at radius 3 is 2.06 bits per heavy atom. The Morgan fingerprint density at radius 2 is 1.33 bits per heavy atom. The van der Waals surface area contributed by atoms with E-state index in [1.54, 1.807) is 0 Å². The van der Waals surface area contributed by atoms with Gasteiger partial charge in [0.2, 0.25) is 0 Å². The zero-order valence-corrected chi connectivity index (χ0v) is 22.5. The Balaban J connectivity index is 1.08. The number of aromatic nitrogens is 2. The number of nitrogens with zero attached hydrogens (tertiary/aromatic N) is 2. The van der Waals surface area contributed by atoms with E-state index in [4.69, 9.17) is 5.73 Å². The van der Waals surface area contributed by atoms with Crippen molar-refractivity contribution in [1.82, 2.24) is 9.88 Å². The van der Waals surface area contributed by atoms with Crippen LogP contribution < -0.4 is 15.6 Å². The number of anilines is 1. The predicted molar refractivity (Wildman–Crippen MR) is 153 cm³/mol. The molecule has 1 aliphatic rings. The minimum absolute atomic E-state index is 0.817. The van der Waals surface area contributed by atoms with Crippen LogP contribution in [0.1, 0.15) is 102 Å². The van der Waals surface area contributed by atoms with Crippen LogP contribution >= 0.6 is 0 Å². The average Bonchev–Trinajstić information content (AvgIpc) is 3.18. The summed E-state index contributed by atoms with van der Waals surface area (Å²) in [6, 6.07) is 20.1. The van der Waals surface area contributed by atoms with Gasteiger partial charge in [0.25, 0.3) is 0 Å². The zero-order valence-electron chi connectivity index (χ0n) is 22.5. The molecule has 1 aromatic heterocycles. The van der Waals surface area contributed by atoms with Crippen LogP contribution in [0.15, 0.2) is 54.6 Å². The summed E-state index contributed by atoms with van der Waals surface area (Å²) in [7, 11) is 0.